The van der Waals surface area contributed by atoms with Crippen LogP contribution < -0.4 is 4.74 Å². The summed E-state index contributed by atoms with van der Waals surface area (Å²) < 4.78 is 11.3. The molecule has 0 amide bonds. The van der Waals surface area contributed by atoms with Gasteiger partial charge in [0.05, 0.1) is 5.56 Å². The molecule has 2 aromatic heterocycles. The van der Waals surface area contributed by atoms with Crippen molar-refractivity contribution in [3.8, 4) is 28.6 Å². The molecule has 128 valence electrons. The predicted octanol–water partition coefficient (Wildman–Crippen LogP) is 3.27. The Morgan fingerprint density at radius 3 is 2.72 bits per heavy atom. The van der Waals surface area contributed by atoms with Gasteiger partial charge in [-0.1, -0.05) is 12.1 Å². The molecule has 3 aromatic rings. The van der Waals surface area contributed by atoms with Crippen LogP contribution >= 0.6 is 0 Å². The molecule has 1 aliphatic rings. The average Bonchev–Trinajstić information content (AvgIpc) is 3.11. The topological polar surface area (TPSA) is 64.3 Å². The second kappa shape index (κ2) is 7.03. The monoisotopic (exact) mass is 336 g/mol. The zero-order chi connectivity index (χ0) is 17.1. The van der Waals surface area contributed by atoms with Gasteiger partial charge in [0.1, 0.15) is 11.9 Å². The average molecular weight is 336 g/mol. The van der Waals surface area contributed by atoms with Crippen LogP contribution in [0.25, 0.3) is 22.8 Å². The minimum absolute atomic E-state index is 0.291. The van der Waals surface area contributed by atoms with E-state index < -0.39 is 0 Å². The molecule has 25 heavy (non-hydrogen) atoms. The van der Waals surface area contributed by atoms with Crippen molar-refractivity contribution in [2.24, 2.45) is 0 Å². The molecule has 0 spiro atoms. The van der Waals surface area contributed by atoms with Crippen molar-refractivity contribution in [2.45, 2.75) is 19.4 Å². The fraction of sp³-hybridized carbons (Fsp3) is 0.316. The highest BCUT2D eigenvalue weighted by Gasteiger charge is 2.27. The van der Waals surface area contributed by atoms with Crippen molar-refractivity contribution >= 4 is 0 Å². The van der Waals surface area contributed by atoms with Gasteiger partial charge in [-0.05, 0) is 49.4 Å². The van der Waals surface area contributed by atoms with Gasteiger partial charge < -0.3 is 9.26 Å². The van der Waals surface area contributed by atoms with Crippen molar-refractivity contribution in [3.05, 3.63) is 48.8 Å². The van der Waals surface area contributed by atoms with Gasteiger partial charge in [-0.25, -0.2) is 0 Å². The number of rotatable bonds is 6. The maximum Gasteiger partial charge on any atom is 0.259 e. The number of ether oxygens (including phenoxy) is 1. The lowest BCUT2D eigenvalue weighted by Crippen LogP contribution is -2.53. The summed E-state index contributed by atoms with van der Waals surface area (Å²) in [4.78, 5) is 10.9. The van der Waals surface area contributed by atoms with Crippen LogP contribution in [0.2, 0.25) is 0 Å². The van der Waals surface area contributed by atoms with Crippen LogP contribution in [0.5, 0.6) is 5.75 Å². The summed E-state index contributed by atoms with van der Waals surface area (Å²) in [6.07, 6.45) is 4.89. The molecule has 6 heteroatoms. The van der Waals surface area contributed by atoms with Gasteiger partial charge in [0.2, 0.25) is 5.82 Å². The minimum atomic E-state index is 0.291. The number of hydrogen-bond donors (Lipinski definition) is 0. The Kier molecular flexibility index (Phi) is 4.43. The molecule has 0 radical (unpaired) electrons. The van der Waals surface area contributed by atoms with Gasteiger partial charge in [0, 0.05) is 31.0 Å². The molecule has 0 unspecified atom stereocenters. The first-order valence-electron chi connectivity index (χ1n) is 8.55. The molecular formula is C19H20N4O2. The second-order valence-electron chi connectivity index (χ2n) is 6.19. The number of hydrogen-bond acceptors (Lipinski definition) is 6. The van der Waals surface area contributed by atoms with Crippen molar-refractivity contribution in [3.63, 3.8) is 0 Å². The van der Waals surface area contributed by atoms with Crippen LogP contribution in [-0.2, 0) is 0 Å². The van der Waals surface area contributed by atoms with Crippen LogP contribution in [0.3, 0.4) is 0 Å². The van der Waals surface area contributed by atoms with Crippen LogP contribution in [0.4, 0.5) is 0 Å². The van der Waals surface area contributed by atoms with E-state index in [9.17, 15) is 0 Å². The van der Waals surface area contributed by atoms with Gasteiger partial charge in [0.15, 0.2) is 0 Å². The zero-order valence-electron chi connectivity index (χ0n) is 14.1. The minimum Gasteiger partial charge on any atom is -0.488 e. The third-order valence-corrected chi connectivity index (χ3v) is 4.21. The van der Waals surface area contributed by atoms with Crippen LogP contribution in [-0.4, -0.2) is 45.8 Å². The van der Waals surface area contributed by atoms with Gasteiger partial charge in [-0.2, -0.15) is 4.98 Å². The van der Waals surface area contributed by atoms with Crippen molar-refractivity contribution in [2.75, 3.05) is 19.6 Å². The quantitative estimate of drug-likeness (QED) is 0.688. The summed E-state index contributed by atoms with van der Waals surface area (Å²) >= 11 is 0. The Morgan fingerprint density at radius 2 is 2.00 bits per heavy atom. The maximum atomic E-state index is 5.98. The number of benzene rings is 1. The molecule has 3 heterocycles. The maximum absolute atomic E-state index is 5.98. The highest BCUT2D eigenvalue weighted by Crippen LogP contribution is 2.24. The summed E-state index contributed by atoms with van der Waals surface area (Å²) in [5.74, 6) is 1.90. The Hall–Kier alpha value is -2.73. The standard InChI is InChI=1S/C19H20N4O2/c1-2-10-23-12-17(13-23)24-16-7-5-14(6-8-16)18-21-19(25-22-18)15-4-3-9-20-11-15/h3-9,11,17H,2,10,12-13H2,1H3. The number of nitrogens with zero attached hydrogens (tertiary/aromatic N) is 4. The first-order valence-corrected chi connectivity index (χ1v) is 8.55. The van der Waals surface area contributed by atoms with Crippen LogP contribution in [0.1, 0.15) is 13.3 Å². The molecule has 1 aliphatic heterocycles. The summed E-state index contributed by atoms with van der Waals surface area (Å²) in [6, 6.07) is 11.6. The summed E-state index contributed by atoms with van der Waals surface area (Å²) in [7, 11) is 0. The van der Waals surface area contributed by atoms with Gasteiger partial charge >= 0.3 is 0 Å². The van der Waals surface area contributed by atoms with Crippen LogP contribution in [0, 0.1) is 0 Å². The lowest BCUT2D eigenvalue weighted by atomic mass is 10.1. The van der Waals surface area contributed by atoms with Gasteiger partial charge in [0.25, 0.3) is 5.89 Å². The Morgan fingerprint density at radius 1 is 1.16 bits per heavy atom. The van der Waals surface area contributed by atoms with E-state index in [-0.39, 0.29) is 0 Å². The van der Waals surface area contributed by atoms with E-state index in [1.54, 1.807) is 12.4 Å². The predicted molar refractivity (Wildman–Crippen MR) is 94.1 cm³/mol. The number of likely N-dealkylation sites (tertiary alicyclic amines) is 1. The van der Waals surface area contributed by atoms with E-state index in [0.717, 1.165) is 36.5 Å². The smallest absolute Gasteiger partial charge is 0.259 e. The van der Waals surface area contributed by atoms with E-state index >= 15 is 0 Å². The molecule has 4 rings (SSSR count). The van der Waals surface area contributed by atoms with Gasteiger partial charge in [-0.15, -0.1) is 0 Å². The van der Waals surface area contributed by atoms with E-state index in [2.05, 4.69) is 26.9 Å². The largest absolute Gasteiger partial charge is 0.488 e. The van der Waals surface area contributed by atoms with Crippen molar-refractivity contribution < 1.29 is 9.26 Å². The number of pyridine rings is 1. The number of aromatic nitrogens is 3. The fourth-order valence-corrected chi connectivity index (χ4v) is 2.92. The zero-order valence-corrected chi connectivity index (χ0v) is 14.1. The van der Waals surface area contributed by atoms with E-state index in [1.807, 2.05) is 36.4 Å². The van der Waals surface area contributed by atoms with Crippen molar-refractivity contribution in [1.29, 1.82) is 0 Å². The lowest BCUT2D eigenvalue weighted by Gasteiger charge is -2.38. The molecule has 1 aromatic carbocycles. The highest BCUT2D eigenvalue weighted by molar-refractivity contribution is 5.59. The summed E-state index contributed by atoms with van der Waals surface area (Å²) in [6.45, 7) is 5.37. The summed E-state index contributed by atoms with van der Waals surface area (Å²) in [5, 5.41) is 4.05. The first kappa shape index (κ1) is 15.8. The van der Waals surface area contributed by atoms with E-state index in [1.165, 1.54) is 6.42 Å². The Bertz CT molecular complexity index is 811. The normalized spacial score (nSPS) is 15.1. The first-order chi connectivity index (χ1) is 12.3. The molecule has 0 aliphatic carbocycles. The summed E-state index contributed by atoms with van der Waals surface area (Å²) in [5.41, 5.74) is 1.70. The molecule has 0 bridgehead atoms. The highest BCUT2D eigenvalue weighted by atomic mass is 16.5. The Balaban J connectivity index is 1.40. The van der Waals surface area contributed by atoms with E-state index in [0.29, 0.717) is 17.8 Å². The molecular weight excluding hydrogens is 316 g/mol. The SMILES string of the molecule is CCCN1CC(Oc2ccc(-c3noc(-c4cccnc4)n3)cc2)C1. The third kappa shape index (κ3) is 3.53. The third-order valence-electron chi connectivity index (χ3n) is 4.21. The molecule has 1 saturated heterocycles. The molecule has 0 atom stereocenters. The molecule has 0 N–H and O–H groups in total. The molecule has 1 fully saturated rings. The van der Waals surface area contributed by atoms with Crippen LogP contribution in [0.15, 0.2) is 53.3 Å². The van der Waals surface area contributed by atoms with Gasteiger partial charge in [-0.3, -0.25) is 9.88 Å². The second-order valence-corrected chi connectivity index (χ2v) is 6.19. The Labute approximate surface area is 146 Å². The van der Waals surface area contributed by atoms with E-state index in [4.69, 9.17) is 9.26 Å². The molecule has 0 saturated carbocycles. The van der Waals surface area contributed by atoms with Crippen molar-refractivity contribution in [1.82, 2.24) is 20.0 Å². The lowest BCUT2D eigenvalue weighted by molar-refractivity contribution is 0.0203. The molecule has 6 nitrogen and oxygen atoms in total. The fourth-order valence-electron chi connectivity index (χ4n) is 2.92.